The fourth-order valence-corrected chi connectivity index (χ4v) is 9.97. The first-order valence-corrected chi connectivity index (χ1v) is 24.9. The highest BCUT2D eigenvalue weighted by Gasteiger charge is 2.42. The Morgan fingerprint density at radius 3 is 2.19 bits per heavy atom. The molecule has 0 aromatic rings. The number of aliphatic hydroxyl groups is 4. The molecule has 3 aliphatic rings. The highest BCUT2D eigenvalue weighted by atomic mass is 16.5. The Labute approximate surface area is 404 Å². The van der Waals surface area contributed by atoms with Crippen molar-refractivity contribution in [3.05, 3.63) is 47.6 Å². The Kier molecular flexibility index (Phi) is 25.4. The fraction of sp³-hybridized carbons (Fsp3) is 0.736. The minimum absolute atomic E-state index is 0.0171. The number of Topliss-reactive ketones (excluding diaryl/α,β-unsaturated/α-hetero) is 4. The van der Waals surface area contributed by atoms with Gasteiger partial charge in [0.25, 0.3) is 11.7 Å². The number of methoxy groups -OCH3 is 2. The lowest BCUT2D eigenvalue weighted by atomic mass is 9.78. The zero-order chi connectivity index (χ0) is 50.7. The number of hydrogen-bond donors (Lipinski definition) is 4. The van der Waals surface area contributed by atoms with Crippen LogP contribution in [0.15, 0.2) is 47.6 Å². The van der Waals surface area contributed by atoms with Gasteiger partial charge in [0.05, 0.1) is 56.3 Å². The fourth-order valence-electron chi connectivity index (χ4n) is 9.97. The maximum absolute atomic E-state index is 14.3. The van der Waals surface area contributed by atoms with Crippen molar-refractivity contribution in [2.45, 2.75) is 168 Å². The molecule has 15 nitrogen and oxygen atoms in total. The Morgan fingerprint density at radius 2 is 1.53 bits per heavy atom. The molecule has 14 atom stereocenters. The molecule has 68 heavy (non-hydrogen) atoms. The SMILES string of the molecule is CO[C@H]1C[C@@H](O)CC[C@@H](C)C(=O)C(=O)C(=O)N2CCCC[C@H]2C(=O)O[C@H]([C@H](C)C[C@@H]2CC[C@@H](OCCO)[C@H](OC)C2)CC(=O)[C@H](C)/C=C(\C)[C@@H](O)[C@@H](CO)C(=O)[C@H](C)C[C@H](C)/C=C/C=C/C=C/1C. The van der Waals surface area contributed by atoms with Crippen LogP contribution in [0.1, 0.15) is 126 Å². The van der Waals surface area contributed by atoms with Crippen LogP contribution in [0.5, 0.6) is 0 Å². The summed E-state index contributed by atoms with van der Waals surface area (Å²) in [7, 11) is 3.15. The van der Waals surface area contributed by atoms with Crippen LogP contribution in [-0.4, -0.2) is 144 Å². The van der Waals surface area contributed by atoms with E-state index in [1.165, 1.54) is 7.11 Å². The normalized spacial score (nSPS) is 36.5. The average Bonchev–Trinajstić information content (AvgIpc) is 3.32. The van der Waals surface area contributed by atoms with Crippen LogP contribution in [0.4, 0.5) is 0 Å². The zero-order valence-corrected chi connectivity index (χ0v) is 42.2. The number of aliphatic hydroxyl groups excluding tert-OH is 4. The van der Waals surface area contributed by atoms with Crippen molar-refractivity contribution in [2.75, 3.05) is 40.6 Å². The van der Waals surface area contributed by atoms with Gasteiger partial charge >= 0.3 is 5.97 Å². The van der Waals surface area contributed by atoms with Crippen molar-refractivity contribution >= 4 is 35.0 Å². The molecule has 2 heterocycles. The first kappa shape index (κ1) is 58.6. The lowest BCUT2D eigenvalue weighted by molar-refractivity contribution is -0.166. The molecule has 0 spiro atoms. The first-order chi connectivity index (χ1) is 32.3. The second-order valence-electron chi connectivity index (χ2n) is 19.9. The summed E-state index contributed by atoms with van der Waals surface area (Å²) in [5.74, 6) is -8.17. The van der Waals surface area contributed by atoms with E-state index in [0.29, 0.717) is 44.1 Å². The molecule has 2 aliphatic heterocycles. The average molecular weight is 958 g/mol. The molecule has 0 aromatic carbocycles. The molecule has 0 unspecified atom stereocenters. The molecule has 384 valence electrons. The van der Waals surface area contributed by atoms with Crippen LogP contribution >= 0.6 is 0 Å². The summed E-state index contributed by atoms with van der Waals surface area (Å²) in [6, 6.07) is -1.17. The molecular formula is C53H83NO14. The van der Waals surface area contributed by atoms with E-state index in [1.807, 2.05) is 51.2 Å². The van der Waals surface area contributed by atoms with Crippen molar-refractivity contribution in [1.82, 2.24) is 4.90 Å². The maximum atomic E-state index is 14.3. The van der Waals surface area contributed by atoms with E-state index in [4.69, 9.17) is 18.9 Å². The van der Waals surface area contributed by atoms with E-state index in [1.54, 1.807) is 40.9 Å². The van der Waals surface area contributed by atoms with E-state index in [0.717, 1.165) is 16.9 Å². The second kappa shape index (κ2) is 29.5. The number of fused-ring (bicyclic) bond motifs is 1. The molecule has 15 heteroatoms. The topological polar surface area (TPSA) is 223 Å². The van der Waals surface area contributed by atoms with Crippen LogP contribution in [-0.2, 0) is 47.7 Å². The van der Waals surface area contributed by atoms with Crippen molar-refractivity contribution in [3.8, 4) is 0 Å². The number of hydrogen-bond acceptors (Lipinski definition) is 14. The molecule has 0 aromatic heterocycles. The number of carbonyl (C=O) groups excluding carboxylic acids is 6. The molecule has 0 bridgehead atoms. The number of esters is 1. The highest BCUT2D eigenvalue weighted by Crippen LogP contribution is 2.35. The van der Waals surface area contributed by atoms with Crippen LogP contribution < -0.4 is 0 Å². The van der Waals surface area contributed by atoms with Gasteiger partial charge in [-0.2, -0.15) is 0 Å². The second-order valence-corrected chi connectivity index (χ2v) is 19.9. The molecule has 1 amide bonds. The molecular weight excluding hydrogens is 875 g/mol. The first-order valence-electron chi connectivity index (χ1n) is 24.9. The Hall–Kier alpha value is -3.70. The van der Waals surface area contributed by atoms with Crippen molar-refractivity contribution in [1.29, 1.82) is 0 Å². The van der Waals surface area contributed by atoms with E-state index in [-0.39, 0.29) is 93.4 Å². The van der Waals surface area contributed by atoms with E-state index in [2.05, 4.69) is 0 Å². The Bertz CT molecular complexity index is 1790. The van der Waals surface area contributed by atoms with Crippen LogP contribution in [0, 0.1) is 41.4 Å². The van der Waals surface area contributed by atoms with Crippen molar-refractivity contribution in [3.63, 3.8) is 0 Å². The summed E-state index contributed by atoms with van der Waals surface area (Å²) in [6.07, 6.45) is 11.6. The van der Waals surface area contributed by atoms with Gasteiger partial charge in [-0.3, -0.25) is 24.0 Å². The van der Waals surface area contributed by atoms with Gasteiger partial charge in [0.15, 0.2) is 0 Å². The number of amides is 1. The minimum atomic E-state index is -1.36. The molecule has 1 aliphatic carbocycles. The number of ether oxygens (including phenoxy) is 4. The quantitative estimate of drug-likeness (QED) is 0.125. The summed E-state index contributed by atoms with van der Waals surface area (Å²) in [4.78, 5) is 84.0. The number of carbonyl (C=O) groups is 6. The molecule has 1 saturated carbocycles. The summed E-state index contributed by atoms with van der Waals surface area (Å²) in [6.45, 7) is 11.9. The molecule has 1 saturated heterocycles. The van der Waals surface area contributed by atoms with Crippen molar-refractivity contribution in [2.24, 2.45) is 41.4 Å². The molecule has 2 fully saturated rings. The third-order valence-electron chi connectivity index (χ3n) is 14.4. The van der Waals surface area contributed by atoms with Gasteiger partial charge in [-0.15, -0.1) is 0 Å². The predicted molar refractivity (Wildman–Crippen MR) is 257 cm³/mol. The van der Waals surface area contributed by atoms with Gasteiger partial charge in [-0.1, -0.05) is 71.1 Å². The van der Waals surface area contributed by atoms with Gasteiger partial charge in [0, 0.05) is 51.4 Å². The van der Waals surface area contributed by atoms with E-state index < -0.39 is 84.2 Å². The van der Waals surface area contributed by atoms with E-state index >= 15 is 0 Å². The number of rotatable bonds is 9. The van der Waals surface area contributed by atoms with Crippen LogP contribution in [0.3, 0.4) is 0 Å². The Balaban J connectivity index is 1.98. The van der Waals surface area contributed by atoms with Gasteiger partial charge in [-0.25, -0.2) is 4.79 Å². The number of cyclic esters (lactones) is 1. The number of nitrogens with zero attached hydrogens (tertiary/aromatic N) is 1. The lowest BCUT2D eigenvalue weighted by Gasteiger charge is -2.38. The predicted octanol–water partition coefficient (Wildman–Crippen LogP) is 5.63. The van der Waals surface area contributed by atoms with Gasteiger partial charge in [-0.05, 0) is 107 Å². The Morgan fingerprint density at radius 1 is 0.809 bits per heavy atom. The monoisotopic (exact) mass is 958 g/mol. The van der Waals surface area contributed by atoms with Gasteiger partial charge in [0.1, 0.15) is 23.7 Å². The smallest absolute Gasteiger partial charge is 0.329 e. The summed E-state index contributed by atoms with van der Waals surface area (Å²) in [5.41, 5.74) is 1.18. The standard InChI is InChI=1S/C53H83NO14/c1-32-15-11-10-12-16-33(2)45(65-8)29-40(57)20-18-34(3)50(61)51(62)52(63)54-22-14-13-17-42(54)53(64)68-46(36(5)27-39-19-21-44(67-24-23-55)47(28-39)66-9)30-43(58)35(4)26-38(7)49(60)41(31-56)48(59)37(6)25-32/h10-12,15-16,26,32,34-37,39-42,44-47,49,55-57,60H,13-14,17-25,27-31H2,1-9H3/b12-10+,15-11+,33-16+,38-26+/t32-,34-,35-,36-,37-,39+,40+,41+,42+,44-,45+,46+,47-,49-/m1/s1. The van der Waals surface area contributed by atoms with Crippen molar-refractivity contribution < 1.29 is 68.1 Å². The molecule has 0 radical (unpaired) electrons. The summed E-state index contributed by atoms with van der Waals surface area (Å²) in [5, 5.41) is 42.1. The lowest BCUT2D eigenvalue weighted by Crippen LogP contribution is -2.53. The zero-order valence-electron chi connectivity index (χ0n) is 42.2. The number of ketones is 4. The summed E-state index contributed by atoms with van der Waals surface area (Å²) >= 11 is 0. The van der Waals surface area contributed by atoms with Crippen LogP contribution in [0.2, 0.25) is 0 Å². The van der Waals surface area contributed by atoms with Gasteiger partial charge in [0.2, 0.25) is 5.78 Å². The molecule has 3 rings (SSSR count). The highest BCUT2D eigenvalue weighted by molar-refractivity contribution is 6.63. The number of piperidine rings is 1. The summed E-state index contributed by atoms with van der Waals surface area (Å²) < 4.78 is 23.5. The maximum Gasteiger partial charge on any atom is 0.329 e. The number of allylic oxidation sites excluding steroid dienone is 6. The minimum Gasteiger partial charge on any atom is -0.460 e. The van der Waals surface area contributed by atoms with Gasteiger partial charge < -0.3 is 44.3 Å². The van der Waals surface area contributed by atoms with Crippen LogP contribution in [0.25, 0.3) is 0 Å². The third kappa shape index (κ3) is 17.6. The third-order valence-corrected chi connectivity index (χ3v) is 14.4. The largest absolute Gasteiger partial charge is 0.460 e. The van der Waals surface area contributed by atoms with E-state index in [9.17, 15) is 49.2 Å². The molecule has 4 N–H and O–H groups in total.